The first-order valence-corrected chi connectivity index (χ1v) is 9.61. The van der Waals surface area contributed by atoms with Crippen LogP contribution in [0.4, 0.5) is 23.4 Å². The minimum absolute atomic E-state index is 0.0239. The van der Waals surface area contributed by atoms with Crippen LogP contribution in [-0.4, -0.2) is 37.9 Å². The summed E-state index contributed by atoms with van der Waals surface area (Å²) < 4.78 is 60.3. The first kappa shape index (κ1) is 21.5. The van der Waals surface area contributed by atoms with Crippen LogP contribution in [0.25, 0.3) is 22.3 Å². The van der Waals surface area contributed by atoms with Crippen molar-refractivity contribution in [1.82, 2.24) is 20.2 Å². The van der Waals surface area contributed by atoms with Crippen LogP contribution in [0, 0.1) is 23.3 Å². The van der Waals surface area contributed by atoms with Crippen molar-refractivity contribution in [3.05, 3.63) is 59.7 Å². The lowest BCUT2D eigenvalue weighted by Crippen LogP contribution is -2.23. The molecule has 3 N–H and O–H groups in total. The van der Waals surface area contributed by atoms with E-state index < -0.39 is 29.3 Å². The molecule has 4 aromatic rings. The lowest BCUT2D eigenvalue weighted by molar-refractivity contribution is 0.271. The number of nitrogens with one attached hydrogen (secondary N) is 2. The van der Waals surface area contributed by atoms with E-state index in [0.717, 1.165) is 24.3 Å². The van der Waals surface area contributed by atoms with Crippen molar-refractivity contribution in [3.8, 4) is 23.0 Å². The summed E-state index contributed by atoms with van der Waals surface area (Å²) in [4.78, 5) is 8.34. The quantitative estimate of drug-likeness (QED) is 0.360. The fourth-order valence-electron chi connectivity index (χ4n) is 3.07. The molecule has 0 aliphatic rings. The number of halogens is 4. The Morgan fingerprint density at radius 3 is 2.41 bits per heavy atom. The van der Waals surface area contributed by atoms with Crippen molar-refractivity contribution >= 4 is 16.9 Å². The molecule has 32 heavy (non-hydrogen) atoms. The summed E-state index contributed by atoms with van der Waals surface area (Å²) in [6, 6.07) is 5.07. The predicted octanol–water partition coefficient (Wildman–Crippen LogP) is 4.55. The first-order valence-electron chi connectivity index (χ1n) is 9.61. The van der Waals surface area contributed by atoms with Crippen molar-refractivity contribution in [3.63, 3.8) is 0 Å². The Balaban J connectivity index is 1.84. The summed E-state index contributed by atoms with van der Waals surface area (Å²) in [5.41, 5.74) is 0.245. The maximum atomic E-state index is 14.4. The second-order valence-electron chi connectivity index (χ2n) is 6.89. The zero-order valence-electron chi connectivity index (χ0n) is 16.7. The van der Waals surface area contributed by atoms with E-state index in [-0.39, 0.29) is 46.5 Å². The normalized spacial score (nSPS) is 12.2. The number of aliphatic hydroxyl groups excluding tert-OH is 1. The van der Waals surface area contributed by atoms with Gasteiger partial charge in [0.05, 0.1) is 23.7 Å². The second-order valence-corrected chi connectivity index (χ2v) is 6.89. The van der Waals surface area contributed by atoms with Crippen molar-refractivity contribution in [2.75, 3.05) is 11.9 Å². The number of rotatable bonds is 7. The van der Waals surface area contributed by atoms with E-state index in [1.807, 2.05) is 6.92 Å². The van der Waals surface area contributed by atoms with Crippen LogP contribution >= 0.6 is 0 Å². The smallest absolute Gasteiger partial charge is 0.326 e. The Bertz CT molecular complexity index is 1280. The van der Waals surface area contributed by atoms with E-state index in [4.69, 9.17) is 4.74 Å². The highest BCUT2D eigenvalue weighted by Crippen LogP contribution is 2.34. The molecule has 0 aliphatic carbocycles. The van der Waals surface area contributed by atoms with Crippen molar-refractivity contribution in [2.24, 2.45) is 0 Å². The van der Waals surface area contributed by atoms with Crippen LogP contribution in [0.3, 0.4) is 0 Å². The van der Waals surface area contributed by atoms with Gasteiger partial charge in [-0.3, -0.25) is 5.10 Å². The number of nitrogens with zero attached hydrogens (tertiary/aromatic N) is 3. The number of H-pyrrole nitrogens is 1. The molecule has 2 aromatic heterocycles. The highest BCUT2D eigenvalue weighted by atomic mass is 19.1. The third-order valence-corrected chi connectivity index (χ3v) is 4.74. The number of aromatic nitrogens is 4. The van der Waals surface area contributed by atoms with E-state index in [0.29, 0.717) is 12.5 Å². The average molecular weight is 447 g/mol. The van der Waals surface area contributed by atoms with Gasteiger partial charge in [0.1, 0.15) is 23.3 Å². The number of fused-ring (bicyclic) bond motifs is 1. The topological polar surface area (TPSA) is 95.9 Å². The standard InChI is InChI=1S/C21H17F4N5O2/c1-2-12(9-31)26-19-17-18(13-5-3-10(22)7-14(13)24)29-30-20(17)28-21(27-19)32-16-6-4-11(23)8-15(16)25/h3-8,12,31H,2,9H2,1H3,(H2,26,27,28,29,30). The van der Waals surface area contributed by atoms with Crippen LogP contribution in [0.1, 0.15) is 13.3 Å². The Morgan fingerprint density at radius 2 is 1.75 bits per heavy atom. The van der Waals surface area contributed by atoms with E-state index in [2.05, 4.69) is 25.5 Å². The first-order chi connectivity index (χ1) is 15.4. The Hall–Kier alpha value is -3.73. The van der Waals surface area contributed by atoms with Crippen LogP contribution in [-0.2, 0) is 0 Å². The number of anilines is 1. The van der Waals surface area contributed by atoms with Gasteiger partial charge in [-0.05, 0) is 30.7 Å². The van der Waals surface area contributed by atoms with Gasteiger partial charge in [-0.1, -0.05) is 6.92 Å². The number of aliphatic hydroxyl groups is 1. The van der Waals surface area contributed by atoms with Gasteiger partial charge < -0.3 is 15.2 Å². The second kappa shape index (κ2) is 8.79. The maximum absolute atomic E-state index is 14.4. The molecule has 2 aromatic carbocycles. The monoisotopic (exact) mass is 447 g/mol. The molecule has 0 radical (unpaired) electrons. The lowest BCUT2D eigenvalue weighted by Gasteiger charge is -2.16. The van der Waals surface area contributed by atoms with Crippen LogP contribution in [0.2, 0.25) is 0 Å². The Labute approximate surface area is 179 Å². The molecule has 0 spiro atoms. The highest BCUT2D eigenvalue weighted by Gasteiger charge is 2.22. The summed E-state index contributed by atoms with van der Waals surface area (Å²) >= 11 is 0. The highest BCUT2D eigenvalue weighted by molar-refractivity contribution is 5.99. The van der Waals surface area contributed by atoms with Gasteiger partial charge in [0.15, 0.2) is 17.2 Å². The lowest BCUT2D eigenvalue weighted by atomic mass is 10.1. The molecule has 0 saturated heterocycles. The van der Waals surface area contributed by atoms with Gasteiger partial charge in [0.25, 0.3) is 0 Å². The molecular weight excluding hydrogens is 430 g/mol. The summed E-state index contributed by atoms with van der Waals surface area (Å²) in [6.07, 6.45) is 0.517. The molecule has 0 bridgehead atoms. The third-order valence-electron chi connectivity index (χ3n) is 4.74. The summed E-state index contributed by atoms with van der Waals surface area (Å²) in [6.45, 7) is 1.59. The Kier molecular flexibility index (Phi) is 5.91. The van der Waals surface area contributed by atoms with Gasteiger partial charge in [-0.25, -0.2) is 17.6 Å². The van der Waals surface area contributed by atoms with Gasteiger partial charge in [0, 0.05) is 17.7 Å². The van der Waals surface area contributed by atoms with Gasteiger partial charge in [-0.15, -0.1) is 0 Å². The molecule has 0 amide bonds. The predicted molar refractivity (Wildman–Crippen MR) is 108 cm³/mol. The van der Waals surface area contributed by atoms with E-state index in [9.17, 15) is 22.7 Å². The third kappa shape index (κ3) is 4.19. The summed E-state index contributed by atoms with van der Waals surface area (Å²) in [5, 5.41) is 19.6. The number of aromatic amines is 1. The molecule has 0 saturated carbocycles. The number of hydrogen-bond donors (Lipinski definition) is 3. The zero-order valence-corrected chi connectivity index (χ0v) is 16.7. The molecule has 4 rings (SSSR count). The van der Waals surface area contributed by atoms with E-state index >= 15 is 0 Å². The molecule has 1 unspecified atom stereocenters. The number of ether oxygens (including phenoxy) is 1. The van der Waals surface area contributed by atoms with Crippen LogP contribution < -0.4 is 10.1 Å². The van der Waals surface area contributed by atoms with Crippen molar-refractivity contribution in [1.29, 1.82) is 0 Å². The number of hydrogen-bond acceptors (Lipinski definition) is 6. The molecule has 1 atom stereocenters. The molecule has 2 heterocycles. The Morgan fingerprint density at radius 1 is 1.03 bits per heavy atom. The maximum Gasteiger partial charge on any atom is 0.326 e. The minimum Gasteiger partial charge on any atom is -0.421 e. The van der Waals surface area contributed by atoms with E-state index in [1.165, 1.54) is 6.07 Å². The van der Waals surface area contributed by atoms with Gasteiger partial charge >= 0.3 is 6.01 Å². The summed E-state index contributed by atoms with van der Waals surface area (Å²) in [5.74, 6) is -3.49. The fourth-order valence-corrected chi connectivity index (χ4v) is 3.07. The van der Waals surface area contributed by atoms with E-state index in [1.54, 1.807) is 0 Å². The molecule has 166 valence electrons. The summed E-state index contributed by atoms with van der Waals surface area (Å²) in [7, 11) is 0. The molecule has 0 fully saturated rings. The van der Waals surface area contributed by atoms with Crippen molar-refractivity contribution in [2.45, 2.75) is 19.4 Å². The molecule has 11 heteroatoms. The zero-order chi connectivity index (χ0) is 22.8. The SMILES string of the molecule is CCC(CO)Nc1nc(Oc2ccc(F)cc2F)nc2n[nH]c(-c3ccc(F)cc3F)c12. The van der Waals surface area contributed by atoms with Crippen molar-refractivity contribution < 1.29 is 27.4 Å². The van der Waals surface area contributed by atoms with Gasteiger partial charge in [0.2, 0.25) is 0 Å². The average Bonchev–Trinajstić information content (AvgIpc) is 3.18. The number of benzene rings is 2. The van der Waals surface area contributed by atoms with Crippen LogP contribution in [0.5, 0.6) is 11.8 Å². The molecule has 7 nitrogen and oxygen atoms in total. The fraction of sp³-hybridized carbons (Fsp3) is 0.190. The largest absolute Gasteiger partial charge is 0.421 e. The molecular formula is C21H17F4N5O2. The molecule has 0 aliphatic heterocycles. The van der Waals surface area contributed by atoms with Crippen LogP contribution in [0.15, 0.2) is 36.4 Å². The minimum atomic E-state index is -0.957. The van der Waals surface area contributed by atoms with Gasteiger partial charge in [-0.2, -0.15) is 15.1 Å².